The maximum Gasteiger partial charge on any atom is 0.119 e. The molecule has 4 aromatic rings. The second-order valence-corrected chi connectivity index (χ2v) is 5.97. The van der Waals surface area contributed by atoms with Crippen LogP contribution in [0.4, 0.5) is 0 Å². The second-order valence-electron chi connectivity index (χ2n) is 5.97. The van der Waals surface area contributed by atoms with Crippen LogP contribution in [-0.2, 0) is 6.54 Å². The van der Waals surface area contributed by atoms with Gasteiger partial charge in [-0.15, -0.1) is 0 Å². The summed E-state index contributed by atoms with van der Waals surface area (Å²) in [4.78, 5) is 4.24. The van der Waals surface area contributed by atoms with Crippen LogP contribution >= 0.6 is 0 Å². The molecule has 0 atom stereocenters. The first kappa shape index (κ1) is 15.9. The topological polar surface area (TPSA) is 50.8 Å². The Bertz CT molecular complexity index is 1060. The fraction of sp³-hybridized carbons (Fsp3) is 0.0909. The molecule has 4 heteroatoms. The molecule has 0 bridgehead atoms. The molecule has 0 aliphatic carbocycles. The van der Waals surface area contributed by atoms with Gasteiger partial charge in [0.1, 0.15) is 12.4 Å². The van der Waals surface area contributed by atoms with E-state index in [9.17, 15) is 5.26 Å². The van der Waals surface area contributed by atoms with Crippen LogP contribution in [0.5, 0.6) is 5.75 Å². The Morgan fingerprint density at radius 2 is 1.88 bits per heavy atom. The number of benzene rings is 2. The molecular formula is C22H17N3O. The third-order valence-corrected chi connectivity index (χ3v) is 4.31. The van der Waals surface area contributed by atoms with E-state index < -0.39 is 0 Å². The van der Waals surface area contributed by atoms with Gasteiger partial charge in [-0.25, -0.2) is 0 Å². The van der Waals surface area contributed by atoms with Crippen molar-refractivity contribution in [3.8, 4) is 23.1 Å². The van der Waals surface area contributed by atoms with E-state index in [-0.39, 0.29) is 0 Å². The largest absolute Gasteiger partial charge is 0.492 e. The summed E-state index contributed by atoms with van der Waals surface area (Å²) >= 11 is 0. The summed E-state index contributed by atoms with van der Waals surface area (Å²) in [6.45, 7) is 1.26. The van der Waals surface area contributed by atoms with Crippen LogP contribution < -0.4 is 4.74 Å². The lowest BCUT2D eigenvalue weighted by Gasteiger charge is -2.12. The van der Waals surface area contributed by atoms with Crippen molar-refractivity contribution in [2.45, 2.75) is 6.54 Å². The van der Waals surface area contributed by atoms with E-state index in [1.165, 1.54) is 0 Å². The molecule has 0 aliphatic heterocycles. The van der Waals surface area contributed by atoms with E-state index in [0.717, 1.165) is 27.9 Å². The van der Waals surface area contributed by atoms with Crippen LogP contribution in [0.25, 0.3) is 22.2 Å². The van der Waals surface area contributed by atoms with Gasteiger partial charge in [0, 0.05) is 28.9 Å². The molecule has 4 nitrogen and oxygen atoms in total. The van der Waals surface area contributed by atoms with Crippen molar-refractivity contribution < 1.29 is 4.74 Å². The number of pyridine rings is 1. The van der Waals surface area contributed by atoms with Crippen molar-refractivity contribution in [3.05, 3.63) is 84.7 Å². The number of aromatic nitrogens is 2. The van der Waals surface area contributed by atoms with Crippen molar-refractivity contribution in [3.63, 3.8) is 0 Å². The van der Waals surface area contributed by atoms with Crippen LogP contribution in [0.3, 0.4) is 0 Å². The Hall–Kier alpha value is -3.58. The fourth-order valence-electron chi connectivity index (χ4n) is 3.11. The molecule has 2 aromatic carbocycles. The molecule has 2 aromatic heterocycles. The fourth-order valence-corrected chi connectivity index (χ4v) is 3.11. The molecule has 26 heavy (non-hydrogen) atoms. The van der Waals surface area contributed by atoms with Crippen molar-refractivity contribution in [1.29, 1.82) is 5.26 Å². The molecule has 0 fully saturated rings. The molecule has 0 unspecified atom stereocenters. The average Bonchev–Trinajstić information content (AvgIpc) is 3.07. The predicted molar refractivity (Wildman–Crippen MR) is 102 cm³/mol. The molecule has 0 N–H and O–H groups in total. The number of nitrogens with zero attached hydrogens (tertiary/aromatic N) is 3. The highest BCUT2D eigenvalue weighted by atomic mass is 16.5. The van der Waals surface area contributed by atoms with Crippen LogP contribution in [0, 0.1) is 11.3 Å². The molecule has 0 saturated heterocycles. The minimum Gasteiger partial charge on any atom is -0.492 e. The van der Waals surface area contributed by atoms with Crippen molar-refractivity contribution in [2.24, 2.45) is 0 Å². The first-order valence-electron chi connectivity index (χ1n) is 8.47. The molecule has 2 heterocycles. The summed E-state index contributed by atoms with van der Waals surface area (Å²) in [5, 5.41) is 10.2. The van der Waals surface area contributed by atoms with E-state index >= 15 is 0 Å². The summed E-state index contributed by atoms with van der Waals surface area (Å²) in [5.74, 6) is 0.860. The number of hydrogen-bond donors (Lipinski definition) is 0. The first-order valence-corrected chi connectivity index (χ1v) is 8.47. The van der Waals surface area contributed by atoms with Gasteiger partial charge in [-0.05, 0) is 48.5 Å². The predicted octanol–water partition coefficient (Wildman–Crippen LogP) is 4.65. The lowest BCUT2D eigenvalue weighted by molar-refractivity contribution is 0.301. The number of ether oxygens (including phenoxy) is 1. The Morgan fingerprint density at radius 3 is 2.65 bits per heavy atom. The molecule has 4 rings (SSSR count). The molecule has 0 aliphatic rings. The minimum absolute atomic E-state index is 0.557. The maximum absolute atomic E-state index is 9.17. The van der Waals surface area contributed by atoms with Gasteiger partial charge < -0.3 is 9.30 Å². The van der Waals surface area contributed by atoms with Gasteiger partial charge in [0.25, 0.3) is 0 Å². The summed E-state index contributed by atoms with van der Waals surface area (Å²) in [7, 11) is 0. The smallest absolute Gasteiger partial charge is 0.119 e. The van der Waals surface area contributed by atoms with Crippen LogP contribution in [-0.4, -0.2) is 16.2 Å². The highest BCUT2D eigenvalue weighted by Crippen LogP contribution is 2.28. The summed E-state index contributed by atoms with van der Waals surface area (Å²) in [6.07, 6.45) is 3.62. The summed E-state index contributed by atoms with van der Waals surface area (Å²) in [6, 6.07) is 23.9. The monoisotopic (exact) mass is 339 g/mol. The van der Waals surface area contributed by atoms with Gasteiger partial charge in [-0.3, -0.25) is 4.98 Å². The van der Waals surface area contributed by atoms with Crippen molar-refractivity contribution in [2.75, 3.05) is 6.61 Å². The minimum atomic E-state index is 0.557. The third-order valence-electron chi connectivity index (χ3n) is 4.31. The maximum atomic E-state index is 9.17. The lowest BCUT2D eigenvalue weighted by Crippen LogP contribution is -2.09. The Kier molecular flexibility index (Phi) is 4.36. The Labute approximate surface area is 151 Å². The second kappa shape index (κ2) is 7.12. The zero-order valence-electron chi connectivity index (χ0n) is 14.2. The Balaban J connectivity index is 1.70. The SMILES string of the molecule is N#Cc1ccc2c(c1)cc(-c1cccnc1)n2CCOc1ccccc1. The zero-order valence-corrected chi connectivity index (χ0v) is 14.2. The standard InChI is InChI=1S/C22H17N3O/c23-15-17-8-9-21-19(13-17)14-22(18-5-4-10-24-16-18)25(21)11-12-26-20-6-2-1-3-7-20/h1-10,13-14,16H,11-12H2. The van der Waals surface area contributed by atoms with E-state index in [1.54, 1.807) is 6.20 Å². The van der Waals surface area contributed by atoms with E-state index in [2.05, 4.69) is 21.7 Å². The van der Waals surface area contributed by atoms with E-state index in [1.807, 2.05) is 66.9 Å². The third kappa shape index (κ3) is 3.15. The quantitative estimate of drug-likeness (QED) is 0.531. The van der Waals surface area contributed by atoms with E-state index in [0.29, 0.717) is 18.7 Å². The number of fused-ring (bicyclic) bond motifs is 1. The van der Waals surface area contributed by atoms with Gasteiger partial charge in [-0.2, -0.15) is 5.26 Å². The zero-order chi connectivity index (χ0) is 17.8. The van der Waals surface area contributed by atoms with Crippen LogP contribution in [0.2, 0.25) is 0 Å². The summed E-state index contributed by atoms with van der Waals surface area (Å²) in [5.41, 5.74) is 3.86. The van der Waals surface area contributed by atoms with E-state index in [4.69, 9.17) is 4.74 Å². The normalized spacial score (nSPS) is 10.6. The molecule has 0 saturated carbocycles. The van der Waals surface area contributed by atoms with Crippen molar-refractivity contribution >= 4 is 10.9 Å². The number of rotatable bonds is 5. The first-order chi connectivity index (χ1) is 12.8. The number of para-hydroxylation sites is 1. The summed E-state index contributed by atoms with van der Waals surface area (Å²) < 4.78 is 8.09. The molecule has 0 radical (unpaired) electrons. The van der Waals surface area contributed by atoms with Gasteiger partial charge in [0.2, 0.25) is 0 Å². The van der Waals surface area contributed by atoms with Gasteiger partial charge in [0.05, 0.1) is 23.9 Å². The highest BCUT2D eigenvalue weighted by molar-refractivity contribution is 5.88. The Morgan fingerprint density at radius 1 is 1.00 bits per heavy atom. The average molecular weight is 339 g/mol. The molecule has 0 amide bonds. The van der Waals surface area contributed by atoms with Crippen LogP contribution in [0.1, 0.15) is 5.56 Å². The molecule has 126 valence electrons. The van der Waals surface area contributed by atoms with Crippen LogP contribution in [0.15, 0.2) is 79.1 Å². The molecular weight excluding hydrogens is 322 g/mol. The highest BCUT2D eigenvalue weighted by Gasteiger charge is 2.11. The number of nitriles is 1. The van der Waals surface area contributed by atoms with Gasteiger partial charge >= 0.3 is 0 Å². The van der Waals surface area contributed by atoms with Gasteiger partial charge in [0.15, 0.2) is 0 Å². The van der Waals surface area contributed by atoms with Crippen molar-refractivity contribution in [1.82, 2.24) is 9.55 Å². The van der Waals surface area contributed by atoms with Gasteiger partial charge in [-0.1, -0.05) is 18.2 Å². The molecule has 0 spiro atoms. The lowest BCUT2D eigenvalue weighted by atomic mass is 10.1. The number of hydrogen-bond acceptors (Lipinski definition) is 3.